The van der Waals surface area contributed by atoms with E-state index in [0.717, 1.165) is 5.75 Å². The first-order chi connectivity index (χ1) is 4.97. The number of fused-ring (bicyclic) bond motifs is 1. The average Bonchev–Trinajstić information content (AvgIpc) is 2.05. The second-order valence-corrected chi connectivity index (χ2v) is 2.25. The molecule has 0 fully saturated rings. The molecule has 1 aliphatic rings. The Hall–Kier alpha value is -0.643. The molecule has 0 saturated heterocycles. The summed E-state index contributed by atoms with van der Waals surface area (Å²) in [6.07, 6.45) is 4.10. The van der Waals surface area contributed by atoms with E-state index >= 15 is 0 Å². The van der Waals surface area contributed by atoms with Gasteiger partial charge < -0.3 is 6.16 Å². The van der Waals surface area contributed by atoms with Crippen LogP contribution in [-0.2, 0) is 0 Å². The van der Waals surface area contributed by atoms with Crippen molar-refractivity contribution in [2.75, 3.05) is 6.61 Å². The van der Waals surface area contributed by atoms with Crippen LogP contribution in [0.4, 0.5) is 0 Å². The maximum absolute atomic E-state index is 5.34. The number of hydrogen-bond donors (Lipinski definition) is 0. The van der Waals surface area contributed by atoms with E-state index in [2.05, 4.69) is 6.08 Å². The van der Waals surface area contributed by atoms with Gasteiger partial charge in [0.15, 0.2) is 0 Å². The van der Waals surface area contributed by atoms with Crippen molar-refractivity contribution in [3.8, 4) is 5.75 Å². The van der Waals surface area contributed by atoms with Crippen molar-refractivity contribution in [3.05, 3.63) is 35.9 Å². The van der Waals surface area contributed by atoms with Crippen molar-refractivity contribution in [2.45, 2.75) is 0 Å². The Kier molecular flexibility index (Phi) is 2.82. The van der Waals surface area contributed by atoms with Crippen molar-refractivity contribution in [1.82, 2.24) is 0 Å². The van der Waals surface area contributed by atoms with Gasteiger partial charge in [0, 0.05) is 5.56 Å². The van der Waals surface area contributed by atoms with Crippen molar-refractivity contribution in [1.29, 1.82) is 0 Å². The smallest absolute Gasteiger partial charge is 1.00 e. The van der Waals surface area contributed by atoms with Gasteiger partial charge in [-0.05, 0) is 12.1 Å². The molecule has 0 radical (unpaired) electrons. The third kappa shape index (κ3) is 1.68. The number of benzene rings is 1. The zero-order valence-electron chi connectivity index (χ0n) is 7.58. The molecule has 0 spiro atoms. The van der Waals surface area contributed by atoms with Crippen LogP contribution >= 0.6 is 0 Å². The van der Waals surface area contributed by atoms with Crippen molar-refractivity contribution in [3.63, 3.8) is 0 Å². The quantitative estimate of drug-likeness (QED) is 0.429. The Labute approximate surface area is 79.7 Å². The van der Waals surface area contributed by atoms with E-state index in [-0.39, 0.29) is 20.3 Å². The van der Waals surface area contributed by atoms with E-state index in [9.17, 15) is 0 Å². The molecule has 0 bridgehead atoms. The van der Waals surface area contributed by atoms with E-state index in [1.807, 2.05) is 30.3 Å². The molecule has 0 atom stereocenters. The number of para-hydroxylation sites is 1. The van der Waals surface area contributed by atoms with E-state index in [4.69, 9.17) is 4.74 Å². The molecule has 0 saturated carbocycles. The van der Waals surface area contributed by atoms with Crippen molar-refractivity contribution < 1.29 is 25.0 Å². The minimum absolute atomic E-state index is 0. The van der Waals surface area contributed by atoms with E-state index in [1.165, 1.54) is 5.56 Å². The Bertz CT molecular complexity index is 273. The predicted octanol–water partition coefficient (Wildman–Crippen LogP) is -0.791. The van der Waals surface area contributed by atoms with Gasteiger partial charge in [-0.2, -0.15) is 0 Å². The number of hydrogen-bond acceptors (Lipinski definition) is 1. The summed E-state index contributed by atoms with van der Waals surface area (Å²) >= 11 is 0. The van der Waals surface area contributed by atoms with Gasteiger partial charge in [0.2, 0.25) is 0 Å². The Morgan fingerprint density at radius 2 is 2.09 bits per heavy atom. The second kappa shape index (κ2) is 3.66. The fraction of sp³-hybridized carbons (Fsp3) is 0.111. The normalized spacial score (nSPS) is 12.7. The summed E-state index contributed by atoms with van der Waals surface area (Å²) in [7, 11) is 0. The Morgan fingerprint density at radius 1 is 1.27 bits per heavy atom. The van der Waals surface area contributed by atoms with Crippen LogP contribution in [-0.4, -0.2) is 6.61 Å². The zero-order valence-corrected chi connectivity index (χ0v) is 6.58. The van der Waals surface area contributed by atoms with Crippen LogP contribution in [0.2, 0.25) is 0 Å². The fourth-order valence-corrected chi connectivity index (χ4v) is 1.06. The van der Waals surface area contributed by atoms with Crippen LogP contribution in [0.3, 0.4) is 0 Å². The molecular weight excluding hydrogens is 131 g/mol. The van der Waals surface area contributed by atoms with Gasteiger partial charge in [0.05, 0.1) is 0 Å². The van der Waals surface area contributed by atoms with Crippen LogP contribution in [0.1, 0.15) is 6.99 Å². The van der Waals surface area contributed by atoms with Crippen LogP contribution < -0.4 is 23.6 Å². The zero-order chi connectivity index (χ0) is 6.81. The van der Waals surface area contributed by atoms with E-state index in [1.54, 1.807) is 0 Å². The first kappa shape index (κ1) is 8.45. The van der Waals surface area contributed by atoms with Crippen molar-refractivity contribution >= 4 is 6.08 Å². The van der Waals surface area contributed by atoms with Gasteiger partial charge in [-0.3, -0.25) is 0 Å². The molecule has 1 nitrogen and oxygen atoms in total. The molecule has 1 aromatic rings. The number of ether oxygens (including phenoxy) is 1. The molecule has 1 aromatic carbocycles. The molecule has 1 aliphatic heterocycles. The molecule has 11 heavy (non-hydrogen) atoms. The minimum Gasteiger partial charge on any atom is -1.00 e. The standard InChI is InChI=1S/C9H8O.Li.H/c1-2-6-9-8(4-1)5-3-7-10-9;;/h1-6H,7H2;;/q;+1;-1. The SMILES string of the molecule is C1=Cc2ccccc2OC1.[H-].[Li+]. The molecule has 0 unspecified atom stereocenters. The summed E-state index contributed by atoms with van der Waals surface area (Å²) < 4.78 is 5.34. The summed E-state index contributed by atoms with van der Waals surface area (Å²) in [5, 5.41) is 0. The van der Waals surface area contributed by atoms with E-state index in [0.29, 0.717) is 6.61 Å². The monoisotopic (exact) mass is 140 g/mol. The predicted molar refractivity (Wildman–Crippen MR) is 42.1 cm³/mol. The maximum Gasteiger partial charge on any atom is 1.00 e. The van der Waals surface area contributed by atoms with Gasteiger partial charge in [0.1, 0.15) is 12.4 Å². The topological polar surface area (TPSA) is 9.23 Å². The van der Waals surface area contributed by atoms with Crippen LogP contribution in [0.25, 0.3) is 6.08 Å². The van der Waals surface area contributed by atoms with Gasteiger partial charge in [-0.25, -0.2) is 0 Å². The van der Waals surface area contributed by atoms with Crippen LogP contribution in [0.5, 0.6) is 5.75 Å². The van der Waals surface area contributed by atoms with Gasteiger partial charge in [0.25, 0.3) is 0 Å². The summed E-state index contributed by atoms with van der Waals surface area (Å²) in [5.41, 5.74) is 1.17. The third-order valence-electron chi connectivity index (χ3n) is 1.55. The molecule has 1 heterocycles. The first-order valence-electron chi connectivity index (χ1n) is 3.35. The number of rotatable bonds is 0. The largest absolute Gasteiger partial charge is 1.00 e. The van der Waals surface area contributed by atoms with Crippen LogP contribution in [0.15, 0.2) is 30.3 Å². The molecule has 0 aromatic heterocycles. The second-order valence-electron chi connectivity index (χ2n) is 2.25. The first-order valence-corrected chi connectivity index (χ1v) is 3.35. The molecule has 52 valence electrons. The molecule has 0 N–H and O–H groups in total. The van der Waals surface area contributed by atoms with Crippen molar-refractivity contribution in [2.24, 2.45) is 0 Å². The molecular formula is C9H9LiO. The summed E-state index contributed by atoms with van der Waals surface area (Å²) in [6, 6.07) is 8.03. The summed E-state index contributed by atoms with van der Waals surface area (Å²) in [5.74, 6) is 0.991. The summed E-state index contributed by atoms with van der Waals surface area (Å²) in [6.45, 7) is 0.705. The minimum atomic E-state index is 0. The molecule has 2 rings (SSSR count). The molecule has 2 heteroatoms. The summed E-state index contributed by atoms with van der Waals surface area (Å²) in [4.78, 5) is 0. The van der Waals surface area contributed by atoms with Gasteiger partial charge >= 0.3 is 18.9 Å². The fourth-order valence-electron chi connectivity index (χ4n) is 1.06. The Morgan fingerprint density at radius 3 is 2.91 bits per heavy atom. The van der Waals surface area contributed by atoms with Crippen LogP contribution in [0, 0.1) is 0 Å². The van der Waals surface area contributed by atoms with E-state index < -0.39 is 0 Å². The van der Waals surface area contributed by atoms with Gasteiger partial charge in [-0.15, -0.1) is 0 Å². The van der Waals surface area contributed by atoms with Gasteiger partial charge in [-0.1, -0.05) is 24.3 Å². The maximum atomic E-state index is 5.34. The average molecular weight is 140 g/mol. The third-order valence-corrected chi connectivity index (χ3v) is 1.55. The Balaban J connectivity index is 0.000000605. The molecule has 0 amide bonds. The molecule has 0 aliphatic carbocycles.